The smallest absolute Gasteiger partial charge is 0.222 e. The summed E-state index contributed by atoms with van der Waals surface area (Å²) in [7, 11) is 1.65. The van der Waals surface area contributed by atoms with E-state index in [4.69, 9.17) is 10.5 Å². The molecule has 0 unspecified atom stereocenters. The first-order chi connectivity index (χ1) is 7.76. The second-order valence-electron chi connectivity index (χ2n) is 5.71. The maximum atomic E-state index is 12.0. The number of hydrogen-bond acceptors (Lipinski definition) is 3. The third kappa shape index (κ3) is 9.12. The van der Waals surface area contributed by atoms with Gasteiger partial charge in [0, 0.05) is 32.2 Å². The van der Waals surface area contributed by atoms with Gasteiger partial charge < -0.3 is 15.4 Å². The van der Waals surface area contributed by atoms with Crippen molar-refractivity contribution in [3.8, 4) is 0 Å². The van der Waals surface area contributed by atoms with E-state index in [1.165, 1.54) is 0 Å². The molecule has 0 aromatic heterocycles. The Hall–Kier alpha value is -0.610. The molecular weight excluding hydrogens is 216 g/mol. The van der Waals surface area contributed by atoms with E-state index < -0.39 is 0 Å². The van der Waals surface area contributed by atoms with E-state index in [0.29, 0.717) is 31.9 Å². The molecule has 4 nitrogen and oxygen atoms in total. The first-order valence-corrected chi connectivity index (χ1v) is 6.32. The molecule has 0 saturated carbocycles. The SMILES string of the molecule is COCCN(CC(C)C)C(=O)CCC(C)(C)N. The van der Waals surface area contributed by atoms with Crippen LogP contribution in [0, 0.1) is 5.92 Å². The summed E-state index contributed by atoms with van der Waals surface area (Å²) >= 11 is 0. The molecule has 2 N–H and O–H groups in total. The summed E-state index contributed by atoms with van der Waals surface area (Å²) in [5.74, 6) is 0.649. The molecule has 0 saturated heterocycles. The van der Waals surface area contributed by atoms with Gasteiger partial charge in [-0.15, -0.1) is 0 Å². The number of carbonyl (C=O) groups excluding carboxylic acids is 1. The Morgan fingerprint density at radius 3 is 2.41 bits per heavy atom. The maximum Gasteiger partial charge on any atom is 0.222 e. The third-order valence-corrected chi connectivity index (χ3v) is 2.49. The Bertz CT molecular complexity index is 222. The van der Waals surface area contributed by atoms with E-state index in [2.05, 4.69) is 13.8 Å². The highest BCUT2D eigenvalue weighted by Gasteiger charge is 2.18. The number of hydrogen-bond donors (Lipinski definition) is 1. The summed E-state index contributed by atoms with van der Waals surface area (Å²) < 4.78 is 5.03. The molecule has 0 aliphatic heterocycles. The molecule has 17 heavy (non-hydrogen) atoms. The number of methoxy groups -OCH3 is 1. The summed E-state index contributed by atoms with van der Waals surface area (Å²) in [4.78, 5) is 13.9. The van der Waals surface area contributed by atoms with E-state index in [1.54, 1.807) is 7.11 Å². The molecule has 1 amide bonds. The number of nitrogens with zero attached hydrogens (tertiary/aromatic N) is 1. The van der Waals surface area contributed by atoms with E-state index in [-0.39, 0.29) is 11.4 Å². The van der Waals surface area contributed by atoms with Gasteiger partial charge in [-0.2, -0.15) is 0 Å². The minimum absolute atomic E-state index is 0.175. The number of rotatable bonds is 8. The van der Waals surface area contributed by atoms with Crippen molar-refractivity contribution in [1.82, 2.24) is 4.90 Å². The molecule has 102 valence electrons. The van der Waals surface area contributed by atoms with Crippen LogP contribution in [-0.2, 0) is 9.53 Å². The topological polar surface area (TPSA) is 55.6 Å². The summed E-state index contributed by atoms with van der Waals surface area (Å²) in [6, 6.07) is 0. The fraction of sp³-hybridized carbons (Fsp3) is 0.923. The van der Waals surface area contributed by atoms with Gasteiger partial charge in [0.25, 0.3) is 0 Å². The van der Waals surface area contributed by atoms with Crippen molar-refractivity contribution in [2.45, 2.75) is 46.1 Å². The Kier molecular flexibility index (Phi) is 7.39. The predicted octanol–water partition coefficient (Wildman–Crippen LogP) is 1.63. The fourth-order valence-electron chi connectivity index (χ4n) is 1.55. The summed E-state index contributed by atoms with van der Waals surface area (Å²) in [5.41, 5.74) is 5.61. The van der Waals surface area contributed by atoms with E-state index in [0.717, 1.165) is 6.54 Å². The van der Waals surface area contributed by atoms with Crippen LogP contribution in [0.15, 0.2) is 0 Å². The molecule has 4 heteroatoms. The fourth-order valence-corrected chi connectivity index (χ4v) is 1.55. The third-order valence-electron chi connectivity index (χ3n) is 2.49. The highest BCUT2D eigenvalue weighted by atomic mass is 16.5. The molecule has 0 heterocycles. The Balaban J connectivity index is 4.21. The van der Waals surface area contributed by atoms with Crippen LogP contribution in [0.4, 0.5) is 0 Å². The maximum absolute atomic E-state index is 12.0. The molecule has 0 fully saturated rings. The number of amides is 1. The summed E-state index contributed by atoms with van der Waals surface area (Å²) in [6.07, 6.45) is 1.23. The lowest BCUT2D eigenvalue weighted by Crippen LogP contribution is -2.39. The van der Waals surface area contributed by atoms with Gasteiger partial charge in [-0.25, -0.2) is 0 Å². The van der Waals surface area contributed by atoms with Crippen LogP contribution in [-0.4, -0.2) is 43.2 Å². The van der Waals surface area contributed by atoms with Gasteiger partial charge in [0.2, 0.25) is 5.91 Å². The van der Waals surface area contributed by atoms with Crippen LogP contribution in [0.1, 0.15) is 40.5 Å². The summed E-state index contributed by atoms with van der Waals surface area (Å²) in [6.45, 7) is 10.2. The first kappa shape index (κ1) is 16.4. The van der Waals surface area contributed by atoms with Gasteiger partial charge in [-0.05, 0) is 26.2 Å². The van der Waals surface area contributed by atoms with Crippen LogP contribution >= 0.6 is 0 Å². The van der Waals surface area contributed by atoms with Crippen molar-refractivity contribution in [2.24, 2.45) is 11.7 Å². The van der Waals surface area contributed by atoms with Crippen molar-refractivity contribution in [3.05, 3.63) is 0 Å². The van der Waals surface area contributed by atoms with Gasteiger partial charge in [0.15, 0.2) is 0 Å². The van der Waals surface area contributed by atoms with E-state index >= 15 is 0 Å². The van der Waals surface area contributed by atoms with Crippen molar-refractivity contribution in [2.75, 3.05) is 26.8 Å². The zero-order valence-corrected chi connectivity index (χ0v) is 12.0. The second-order valence-corrected chi connectivity index (χ2v) is 5.71. The van der Waals surface area contributed by atoms with Crippen LogP contribution in [0.25, 0.3) is 0 Å². The Morgan fingerprint density at radius 2 is 2.00 bits per heavy atom. The van der Waals surface area contributed by atoms with Crippen LogP contribution in [0.2, 0.25) is 0 Å². The molecule has 0 radical (unpaired) electrons. The van der Waals surface area contributed by atoms with Crippen LogP contribution in [0.5, 0.6) is 0 Å². The lowest BCUT2D eigenvalue weighted by atomic mass is 9.99. The zero-order chi connectivity index (χ0) is 13.5. The average Bonchev–Trinajstić information content (AvgIpc) is 2.19. The quantitative estimate of drug-likeness (QED) is 0.706. The van der Waals surface area contributed by atoms with Crippen LogP contribution in [0.3, 0.4) is 0 Å². The lowest BCUT2D eigenvalue weighted by molar-refractivity contribution is -0.132. The summed E-state index contributed by atoms with van der Waals surface area (Å²) in [5, 5.41) is 0. The van der Waals surface area contributed by atoms with E-state index in [9.17, 15) is 4.79 Å². The normalized spacial score (nSPS) is 11.9. The van der Waals surface area contributed by atoms with E-state index in [1.807, 2.05) is 18.7 Å². The van der Waals surface area contributed by atoms with Gasteiger partial charge in [-0.1, -0.05) is 13.8 Å². The molecule has 0 atom stereocenters. The van der Waals surface area contributed by atoms with Crippen LogP contribution < -0.4 is 5.73 Å². The molecular formula is C13H28N2O2. The molecule has 0 rings (SSSR count). The first-order valence-electron chi connectivity index (χ1n) is 6.32. The molecule has 0 bridgehead atoms. The van der Waals surface area contributed by atoms with Gasteiger partial charge in [-0.3, -0.25) is 4.79 Å². The highest BCUT2D eigenvalue weighted by molar-refractivity contribution is 5.76. The highest BCUT2D eigenvalue weighted by Crippen LogP contribution is 2.10. The molecule has 0 aromatic carbocycles. The monoisotopic (exact) mass is 244 g/mol. The minimum atomic E-state index is -0.277. The van der Waals surface area contributed by atoms with Crippen molar-refractivity contribution >= 4 is 5.91 Å². The predicted molar refractivity (Wildman–Crippen MR) is 70.8 cm³/mol. The average molecular weight is 244 g/mol. The Morgan fingerprint density at radius 1 is 1.41 bits per heavy atom. The largest absolute Gasteiger partial charge is 0.383 e. The van der Waals surface area contributed by atoms with Crippen molar-refractivity contribution < 1.29 is 9.53 Å². The lowest BCUT2D eigenvalue weighted by Gasteiger charge is -2.26. The van der Waals surface area contributed by atoms with Crippen molar-refractivity contribution in [3.63, 3.8) is 0 Å². The minimum Gasteiger partial charge on any atom is -0.383 e. The Labute approximate surface area is 105 Å². The zero-order valence-electron chi connectivity index (χ0n) is 12.0. The van der Waals surface area contributed by atoms with Gasteiger partial charge in [0.05, 0.1) is 6.61 Å². The number of carbonyl (C=O) groups is 1. The standard InChI is InChI=1S/C13H28N2O2/c1-11(2)10-15(8-9-17-5)12(16)6-7-13(3,4)14/h11H,6-10,14H2,1-5H3. The molecule has 0 aromatic rings. The molecule has 0 aliphatic rings. The van der Waals surface area contributed by atoms with Gasteiger partial charge >= 0.3 is 0 Å². The van der Waals surface area contributed by atoms with Crippen molar-refractivity contribution in [1.29, 1.82) is 0 Å². The second kappa shape index (κ2) is 7.67. The molecule has 0 spiro atoms. The number of ether oxygens (including phenoxy) is 1. The number of nitrogens with two attached hydrogens (primary N) is 1. The van der Waals surface area contributed by atoms with Gasteiger partial charge in [0.1, 0.15) is 0 Å². The molecule has 0 aliphatic carbocycles.